The SMILES string of the molecule is CCOc1cc(/C=N\n2c(-c3cccs3)n[nH]c2=S)ccc1OC. The largest absolute Gasteiger partial charge is 0.493 e. The van der Waals surface area contributed by atoms with Gasteiger partial charge in [-0.15, -0.1) is 11.3 Å². The molecule has 2 heterocycles. The third-order valence-electron chi connectivity index (χ3n) is 3.20. The van der Waals surface area contributed by atoms with Crippen LogP contribution in [0, 0.1) is 4.77 Å². The number of benzene rings is 1. The van der Waals surface area contributed by atoms with Crippen molar-refractivity contribution in [2.24, 2.45) is 5.10 Å². The Hall–Kier alpha value is -2.45. The van der Waals surface area contributed by atoms with Gasteiger partial charge in [0, 0.05) is 0 Å². The molecule has 8 heteroatoms. The van der Waals surface area contributed by atoms with Gasteiger partial charge in [-0.05, 0) is 54.4 Å². The minimum Gasteiger partial charge on any atom is -0.493 e. The van der Waals surface area contributed by atoms with Crippen LogP contribution in [0.15, 0.2) is 40.8 Å². The molecule has 0 unspecified atom stereocenters. The molecule has 1 aromatic carbocycles. The van der Waals surface area contributed by atoms with Gasteiger partial charge in [0.15, 0.2) is 17.3 Å². The number of aromatic nitrogens is 3. The van der Waals surface area contributed by atoms with Gasteiger partial charge >= 0.3 is 0 Å². The van der Waals surface area contributed by atoms with Gasteiger partial charge in [0.25, 0.3) is 0 Å². The minimum absolute atomic E-state index is 0.438. The summed E-state index contributed by atoms with van der Waals surface area (Å²) in [7, 11) is 1.61. The van der Waals surface area contributed by atoms with Crippen molar-refractivity contribution in [1.29, 1.82) is 0 Å². The third kappa shape index (κ3) is 3.39. The van der Waals surface area contributed by atoms with Crippen molar-refractivity contribution < 1.29 is 9.47 Å². The predicted octanol–water partition coefficient (Wildman–Crippen LogP) is 3.96. The summed E-state index contributed by atoms with van der Waals surface area (Å²) in [4.78, 5) is 0.990. The van der Waals surface area contributed by atoms with Crippen LogP contribution in [-0.4, -0.2) is 34.8 Å². The number of nitrogens with zero attached hydrogens (tertiary/aromatic N) is 3. The van der Waals surface area contributed by atoms with E-state index in [4.69, 9.17) is 21.7 Å². The summed E-state index contributed by atoms with van der Waals surface area (Å²) in [6.07, 6.45) is 1.71. The fourth-order valence-electron chi connectivity index (χ4n) is 2.13. The number of aromatic amines is 1. The van der Waals surface area contributed by atoms with Gasteiger partial charge in [0.1, 0.15) is 0 Å². The lowest BCUT2D eigenvalue weighted by molar-refractivity contribution is 0.311. The molecule has 3 aromatic rings. The first kappa shape index (κ1) is 16.4. The van der Waals surface area contributed by atoms with Gasteiger partial charge in [0.05, 0.1) is 24.8 Å². The van der Waals surface area contributed by atoms with E-state index in [1.54, 1.807) is 29.3 Å². The number of hydrogen-bond donors (Lipinski definition) is 1. The van der Waals surface area contributed by atoms with Crippen molar-refractivity contribution in [2.45, 2.75) is 6.92 Å². The van der Waals surface area contributed by atoms with Gasteiger partial charge in [-0.2, -0.15) is 14.9 Å². The molecule has 2 aromatic heterocycles. The number of thiophene rings is 1. The summed E-state index contributed by atoms with van der Waals surface area (Å²) in [5.74, 6) is 2.05. The lowest BCUT2D eigenvalue weighted by Gasteiger charge is -2.09. The lowest BCUT2D eigenvalue weighted by Crippen LogP contribution is -1.97. The zero-order chi connectivity index (χ0) is 16.9. The first-order valence-corrected chi connectivity index (χ1v) is 8.58. The van der Waals surface area contributed by atoms with E-state index < -0.39 is 0 Å². The molecule has 0 atom stereocenters. The van der Waals surface area contributed by atoms with Crippen molar-refractivity contribution in [3.8, 4) is 22.2 Å². The summed E-state index contributed by atoms with van der Waals surface area (Å²) in [6, 6.07) is 9.56. The molecule has 0 aliphatic heterocycles. The van der Waals surface area contributed by atoms with Crippen LogP contribution in [0.2, 0.25) is 0 Å². The second kappa shape index (κ2) is 7.41. The monoisotopic (exact) mass is 360 g/mol. The molecule has 3 rings (SSSR count). The Kier molecular flexibility index (Phi) is 5.07. The summed E-state index contributed by atoms with van der Waals surface area (Å²) < 4.78 is 12.9. The standard InChI is InChI=1S/C16H16N4O2S2/c1-3-22-13-9-11(6-7-12(13)21-2)10-17-20-15(18-19-16(20)23)14-5-4-8-24-14/h4-10H,3H2,1-2H3,(H,19,23)/b17-10-. The molecular weight excluding hydrogens is 344 g/mol. The first-order valence-electron chi connectivity index (χ1n) is 7.29. The zero-order valence-corrected chi connectivity index (χ0v) is 14.9. The van der Waals surface area contributed by atoms with Crippen molar-refractivity contribution >= 4 is 29.8 Å². The second-order valence-corrected chi connectivity index (χ2v) is 6.06. The Labute approximate surface area is 148 Å². The molecule has 0 fully saturated rings. The van der Waals surface area contributed by atoms with E-state index in [2.05, 4.69) is 15.3 Å². The van der Waals surface area contributed by atoms with Crippen molar-refractivity contribution in [2.75, 3.05) is 13.7 Å². The molecule has 0 spiro atoms. The lowest BCUT2D eigenvalue weighted by atomic mass is 10.2. The highest BCUT2D eigenvalue weighted by Crippen LogP contribution is 2.27. The summed E-state index contributed by atoms with van der Waals surface area (Å²) in [5, 5.41) is 13.5. The number of nitrogens with one attached hydrogen (secondary N) is 1. The molecule has 0 saturated carbocycles. The average molecular weight is 360 g/mol. The van der Waals surface area contributed by atoms with Crippen molar-refractivity contribution in [3.05, 3.63) is 46.0 Å². The highest BCUT2D eigenvalue weighted by atomic mass is 32.1. The van der Waals surface area contributed by atoms with E-state index >= 15 is 0 Å². The number of rotatable bonds is 6. The van der Waals surface area contributed by atoms with Gasteiger partial charge in [-0.25, -0.2) is 5.10 Å². The van der Waals surface area contributed by atoms with Crippen LogP contribution >= 0.6 is 23.6 Å². The van der Waals surface area contributed by atoms with Crippen LogP contribution in [0.5, 0.6) is 11.5 Å². The fourth-order valence-corrected chi connectivity index (χ4v) is 3.01. The van der Waals surface area contributed by atoms with Gasteiger partial charge in [-0.3, -0.25) is 0 Å². The highest BCUT2D eigenvalue weighted by Gasteiger charge is 2.09. The van der Waals surface area contributed by atoms with E-state index in [1.165, 1.54) is 0 Å². The van der Waals surface area contributed by atoms with Crippen LogP contribution in [0.25, 0.3) is 10.7 Å². The number of H-pyrrole nitrogens is 1. The minimum atomic E-state index is 0.438. The molecule has 0 radical (unpaired) electrons. The average Bonchev–Trinajstić information content (AvgIpc) is 3.23. The van der Waals surface area contributed by atoms with Gasteiger partial charge in [-0.1, -0.05) is 6.07 Å². The summed E-state index contributed by atoms with van der Waals surface area (Å²) in [6.45, 7) is 2.49. The smallest absolute Gasteiger partial charge is 0.216 e. The van der Waals surface area contributed by atoms with E-state index in [9.17, 15) is 0 Å². The quantitative estimate of drug-likeness (QED) is 0.534. The van der Waals surface area contributed by atoms with Gasteiger partial charge < -0.3 is 9.47 Å². The Morgan fingerprint density at radius 3 is 2.96 bits per heavy atom. The zero-order valence-electron chi connectivity index (χ0n) is 13.2. The molecule has 0 saturated heterocycles. The highest BCUT2D eigenvalue weighted by molar-refractivity contribution is 7.71. The Morgan fingerprint density at radius 1 is 1.38 bits per heavy atom. The number of hydrogen-bond acceptors (Lipinski definition) is 6. The van der Waals surface area contributed by atoms with E-state index in [0.717, 1.165) is 10.4 Å². The molecule has 124 valence electrons. The maximum absolute atomic E-state index is 5.58. The molecule has 1 N–H and O–H groups in total. The molecule has 24 heavy (non-hydrogen) atoms. The van der Waals surface area contributed by atoms with Crippen molar-refractivity contribution in [1.82, 2.24) is 14.9 Å². The van der Waals surface area contributed by atoms with Crippen LogP contribution in [0.1, 0.15) is 12.5 Å². The maximum atomic E-state index is 5.58. The van der Waals surface area contributed by atoms with Crippen LogP contribution in [0.4, 0.5) is 0 Å². The maximum Gasteiger partial charge on any atom is 0.216 e. The first-order chi connectivity index (χ1) is 11.7. The summed E-state index contributed by atoms with van der Waals surface area (Å²) >= 11 is 6.84. The number of ether oxygens (including phenoxy) is 2. The molecule has 0 amide bonds. The Balaban J connectivity index is 1.93. The van der Waals surface area contributed by atoms with Crippen LogP contribution < -0.4 is 9.47 Å². The van der Waals surface area contributed by atoms with Crippen LogP contribution in [0.3, 0.4) is 0 Å². The predicted molar refractivity (Wildman–Crippen MR) is 97.9 cm³/mol. The molecule has 6 nitrogen and oxygen atoms in total. The molecular formula is C16H16N4O2S2. The topological polar surface area (TPSA) is 64.4 Å². The van der Waals surface area contributed by atoms with Crippen molar-refractivity contribution in [3.63, 3.8) is 0 Å². The summed E-state index contributed by atoms with van der Waals surface area (Å²) in [5.41, 5.74) is 0.875. The van der Waals surface area contributed by atoms with E-state index in [1.807, 2.05) is 42.6 Å². The number of methoxy groups -OCH3 is 1. The second-order valence-electron chi connectivity index (χ2n) is 4.73. The Morgan fingerprint density at radius 2 is 2.25 bits per heavy atom. The molecule has 0 aliphatic rings. The Bertz CT molecular complexity index is 897. The third-order valence-corrected chi connectivity index (χ3v) is 4.33. The fraction of sp³-hybridized carbons (Fsp3) is 0.188. The van der Waals surface area contributed by atoms with Gasteiger partial charge in [0.2, 0.25) is 4.77 Å². The molecule has 0 aliphatic carbocycles. The van der Waals surface area contributed by atoms with Crippen LogP contribution in [-0.2, 0) is 0 Å². The normalized spacial score (nSPS) is 11.1. The van der Waals surface area contributed by atoms with E-state index in [0.29, 0.717) is 28.7 Å². The van der Waals surface area contributed by atoms with E-state index in [-0.39, 0.29) is 0 Å². The molecule has 0 bridgehead atoms.